The van der Waals surface area contributed by atoms with Gasteiger partial charge in [0.2, 0.25) is 0 Å². The summed E-state index contributed by atoms with van der Waals surface area (Å²) in [6, 6.07) is 15.6. The van der Waals surface area contributed by atoms with E-state index in [1.165, 1.54) is 18.2 Å². The SMILES string of the molecule is CC(C)(Oc1ccc(C(=O)O)cc1)C(C1CCCCC1)n1c(-c2ccc(Cl)cc2)nc2cc(F)c(F)cc21. The van der Waals surface area contributed by atoms with Gasteiger partial charge < -0.3 is 14.4 Å². The Balaban J connectivity index is 1.69. The molecule has 1 aliphatic rings. The van der Waals surface area contributed by atoms with Gasteiger partial charge in [0, 0.05) is 22.7 Å². The van der Waals surface area contributed by atoms with Gasteiger partial charge in [0.05, 0.1) is 22.6 Å². The van der Waals surface area contributed by atoms with Crippen LogP contribution in [-0.4, -0.2) is 26.2 Å². The maximum atomic E-state index is 14.6. The van der Waals surface area contributed by atoms with Crippen molar-refractivity contribution < 1.29 is 23.4 Å². The first-order chi connectivity index (χ1) is 18.1. The number of aromatic carboxylic acids is 1. The fourth-order valence-electron chi connectivity index (χ4n) is 5.74. The molecular weight excluding hydrogens is 510 g/mol. The number of imidazole rings is 1. The van der Waals surface area contributed by atoms with Crippen LogP contribution in [-0.2, 0) is 0 Å². The average molecular weight is 539 g/mol. The van der Waals surface area contributed by atoms with Crippen LogP contribution in [0.25, 0.3) is 22.4 Å². The zero-order valence-corrected chi connectivity index (χ0v) is 22.0. The third-order valence-corrected chi connectivity index (χ3v) is 7.65. The van der Waals surface area contributed by atoms with Crippen LogP contribution in [0.15, 0.2) is 60.7 Å². The van der Waals surface area contributed by atoms with Crippen molar-refractivity contribution in [3.05, 3.63) is 82.9 Å². The van der Waals surface area contributed by atoms with Gasteiger partial charge >= 0.3 is 5.97 Å². The van der Waals surface area contributed by atoms with E-state index in [0.29, 0.717) is 27.6 Å². The van der Waals surface area contributed by atoms with Crippen LogP contribution in [0.2, 0.25) is 5.02 Å². The Morgan fingerprint density at radius 2 is 1.66 bits per heavy atom. The third kappa shape index (κ3) is 5.12. The van der Waals surface area contributed by atoms with Crippen molar-refractivity contribution in [1.82, 2.24) is 9.55 Å². The van der Waals surface area contributed by atoms with E-state index in [1.54, 1.807) is 24.3 Å². The Labute approximate surface area is 225 Å². The molecule has 1 unspecified atom stereocenters. The van der Waals surface area contributed by atoms with Crippen molar-refractivity contribution in [2.24, 2.45) is 5.92 Å². The summed E-state index contributed by atoms with van der Waals surface area (Å²) in [7, 11) is 0. The van der Waals surface area contributed by atoms with Crippen LogP contribution in [0.1, 0.15) is 62.4 Å². The molecule has 1 heterocycles. The summed E-state index contributed by atoms with van der Waals surface area (Å²) in [5, 5.41) is 9.85. The first-order valence-electron chi connectivity index (χ1n) is 12.8. The zero-order valence-electron chi connectivity index (χ0n) is 21.3. The van der Waals surface area contributed by atoms with Gasteiger partial charge in [-0.05, 0) is 81.1 Å². The molecule has 1 aliphatic carbocycles. The molecule has 1 fully saturated rings. The number of nitrogens with zero attached hydrogens (tertiary/aromatic N) is 2. The number of carbonyl (C=O) groups is 1. The minimum Gasteiger partial charge on any atom is -0.486 e. The molecule has 1 aromatic heterocycles. The molecule has 1 atom stereocenters. The van der Waals surface area contributed by atoms with Gasteiger partial charge in [-0.3, -0.25) is 0 Å². The number of ether oxygens (including phenoxy) is 1. The number of rotatable bonds is 7. The van der Waals surface area contributed by atoms with Gasteiger partial charge in [-0.15, -0.1) is 0 Å². The van der Waals surface area contributed by atoms with E-state index < -0.39 is 23.2 Å². The summed E-state index contributed by atoms with van der Waals surface area (Å²) in [6.07, 6.45) is 5.19. The average Bonchev–Trinajstić information content (AvgIpc) is 3.23. The molecular formula is C30H29ClF2N2O3. The second-order valence-corrected chi connectivity index (χ2v) is 10.9. The number of benzene rings is 3. The lowest BCUT2D eigenvalue weighted by Gasteiger charge is -2.43. The van der Waals surface area contributed by atoms with Crippen LogP contribution in [0, 0.1) is 17.6 Å². The summed E-state index contributed by atoms with van der Waals surface area (Å²) in [5.41, 5.74) is 0.960. The van der Waals surface area contributed by atoms with Crippen LogP contribution < -0.4 is 4.74 Å². The molecule has 38 heavy (non-hydrogen) atoms. The van der Waals surface area contributed by atoms with Crippen molar-refractivity contribution in [1.29, 1.82) is 0 Å². The summed E-state index contributed by atoms with van der Waals surface area (Å²) in [5.74, 6) is -1.61. The van der Waals surface area contributed by atoms with Gasteiger partial charge in [0.1, 0.15) is 17.2 Å². The van der Waals surface area contributed by atoms with Crippen LogP contribution >= 0.6 is 11.6 Å². The molecule has 1 N–H and O–H groups in total. The predicted molar refractivity (Wildman–Crippen MR) is 144 cm³/mol. The lowest BCUT2D eigenvalue weighted by Crippen LogP contribution is -2.44. The van der Waals surface area contributed by atoms with Crippen LogP contribution in [0.4, 0.5) is 8.78 Å². The minimum absolute atomic E-state index is 0.169. The monoisotopic (exact) mass is 538 g/mol. The number of carboxylic acid groups (broad SMARTS) is 1. The maximum absolute atomic E-state index is 14.6. The van der Waals surface area contributed by atoms with Crippen LogP contribution in [0.5, 0.6) is 5.75 Å². The Kier molecular flexibility index (Phi) is 7.14. The molecule has 198 valence electrons. The van der Waals surface area contributed by atoms with Gasteiger partial charge in [-0.2, -0.15) is 0 Å². The molecule has 3 aromatic carbocycles. The lowest BCUT2D eigenvalue weighted by atomic mass is 9.77. The topological polar surface area (TPSA) is 64.3 Å². The summed E-state index contributed by atoms with van der Waals surface area (Å²) < 4.78 is 37.5. The Morgan fingerprint density at radius 1 is 1.03 bits per heavy atom. The smallest absolute Gasteiger partial charge is 0.335 e. The molecule has 5 nitrogen and oxygen atoms in total. The number of fused-ring (bicyclic) bond motifs is 1. The van der Waals surface area contributed by atoms with Gasteiger partial charge in [0.15, 0.2) is 11.6 Å². The highest BCUT2D eigenvalue weighted by molar-refractivity contribution is 6.30. The molecule has 0 spiro atoms. The van der Waals surface area contributed by atoms with Gasteiger partial charge in [0.25, 0.3) is 0 Å². The van der Waals surface area contributed by atoms with Gasteiger partial charge in [-0.25, -0.2) is 18.6 Å². The second-order valence-electron chi connectivity index (χ2n) is 10.4. The number of hydrogen-bond acceptors (Lipinski definition) is 3. The van der Waals surface area contributed by atoms with Crippen molar-refractivity contribution in [2.45, 2.75) is 57.6 Å². The zero-order chi connectivity index (χ0) is 27.0. The molecule has 4 aromatic rings. The van der Waals surface area contributed by atoms with Crippen molar-refractivity contribution in [2.75, 3.05) is 0 Å². The summed E-state index contributed by atoms with van der Waals surface area (Å²) in [6.45, 7) is 3.96. The third-order valence-electron chi connectivity index (χ3n) is 7.40. The molecule has 0 saturated heterocycles. The van der Waals surface area contributed by atoms with Crippen LogP contribution in [0.3, 0.4) is 0 Å². The van der Waals surface area contributed by atoms with Crippen molar-refractivity contribution >= 4 is 28.6 Å². The Morgan fingerprint density at radius 3 is 2.29 bits per heavy atom. The molecule has 5 rings (SSSR count). The number of aromatic nitrogens is 2. The standard InChI is InChI=1S/C30H29ClF2N2O3/c1-30(2,38-22-14-10-20(11-15-22)29(36)37)27(18-6-4-3-5-7-18)35-26-17-24(33)23(32)16-25(26)34-28(35)19-8-12-21(31)13-9-19/h8-18,27H,3-7H2,1-2H3,(H,36,37). The fourth-order valence-corrected chi connectivity index (χ4v) is 5.87. The van der Waals surface area contributed by atoms with E-state index in [2.05, 4.69) is 0 Å². The molecule has 0 bridgehead atoms. The predicted octanol–water partition coefficient (Wildman–Crippen LogP) is 8.31. The van der Waals surface area contributed by atoms with E-state index >= 15 is 0 Å². The number of hydrogen-bond donors (Lipinski definition) is 1. The molecule has 1 saturated carbocycles. The Bertz CT molecular complexity index is 1460. The fraction of sp³-hybridized carbons (Fsp3) is 0.333. The molecule has 0 radical (unpaired) electrons. The highest BCUT2D eigenvalue weighted by Gasteiger charge is 2.42. The van der Waals surface area contributed by atoms with E-state index in [4.69, 9.17) is 21.3 Å². The summed E-state index contributed by atoms with van der Waals surface area (Å²) >= 11 is 6.15. The first-order valence-corrected chi connectivity index (χ1v) is 13.2. The van der Waals surface area contributed by atoms with E-state index in [0.717, 1.165) is 43.7 Å². The number of carboxylic acids is 1. The summed E-state index contributed by atoms with van der Waals surface area (Å²) in [4.78, 5) is 16.1. The first kappa shape index (κ1) is 26.2. The minimum atomic E-state index is -1.01. The van der Waals surface area contributed by atoms with E-state index in [-0.39, 0.29) is 17.5 Å². The lowest BCUT2D eigenvalue weighted by molar-refractivity contribution is 0.0136. The maximum Gasteiger partial charge on any atom is 0.335 e. The molecule has 0 amide bonds. The van der Waals surface area contributed by atoms with E-state index in [1.807, 2.05) is 30.5 Å². The van der Waals surface area contributed by atoms with Crippen molar-refractivity contribution in [3.8, 4) is 17.1 Å². The van der Waals surface area contributed by atoms with Gasteiger partial charge in [-0.1, -0.05) is 30.9 Å². The van der Waals surface area contributed by atoms with Crippen molar-refractivity contribution in [3.63, 3.8) is 0 Å². The highest BCUT2D eigenvalue weighted by atomic mass is 35.5. The molecule has 8 heteroatoms. The van der Waals surface area contributed by atoms with E-state index in [9.17, 15) is 18.7 Å². The quantitative estimate of drug-likeness (QED) is 0.257. The largest absolute Gasteiger partial charge is 0.486 e. The Hall–Kier alpha value is -3.45. The number of halogens is 3. The normalized spacial score (nSPS) is 15.5. The molecule has 0 aliphatic heterocycles. The second kappa shape index (κ2) is 10.4. The highest BCUT2D eigenvalue weighted by Crippen LogP contribution is 2.45.